The number of ether oxygens (including phenoxy) is 2. The molecule has 0 saturated carbocycles. The molecule has 0 aliphatic rings. The van der Waals surface area contributed by atoms with Crippen LogP contribution in [0.25, 0.3) is 0 Å². The van der Waals surface area contributed by atoms with Crippen molar-refractivity contribution >= 4 is 28.9 Å². The average Bonchev–Trinajstić information content (AvgIpc) is 2.45. The third-order valence-corrected chi connectivity index (χ3v) is 2.91. The van der Waals surface area contributed by atoms with Crippen LogP contribution in [-0.2, 0) is 4.79 Å². The van der Waals surface area contributed by atoms with Crippen LogP contribution < -0.4 is 20.5 Å². The monoisotopic (exact) mass is 306 g/mol. The molecule has 110 valence electrons. The molecule has 2 aromatic rings. The minimum Gasteiger partial charge on any atom is -0.495 e. The van der Waals surface area contributed by atoms with Gasteiger partial charge < -0.3 is 20.5 Å². The molecule has 0 aliphatic carbocycles. The van der Waals surface area contributed by atoms with Crippen molar-refractivity contribution in [3.05, 3.63) is 47.5 Å². The van der Waals surface area contributed by atoms with Crippen LogP contribution in [0.3, 0.4) is 0 Å². The fourth-order valence-electron chi connectivity index (χ4n) is 1.71. The molecule has 0 aliphatic heterocycles. The molecule has 0 unspecified atom stereocenters. The van der Waals surface area contributed by atoms with Gasteiger partial charge in [0.2, 0.25) is 0 Å². The van der Waals surface area contributed by atoms with Crippen LogP contribution in [-0.4, -0.2) is 19.6 Å². The zero-order chi connectivity index (χ0) is 15.2. The number of hydrogen-bond acceptors (Lipinski definition) is 4. The van der Waals surface area contributed by atoms with E-state index in [1.807, 2.05) is 0 Å². The number of carbonyl (C=O) groups excluding carboxylic acids is 1. The van der Waals surface area contributed by atoms with Crippen molar-refractivity contribution in [2.45, 2.75) is 0 Å². The smallest absolute Gasteiger partial charge is 0.262 e. The van der Waals surface area contributed by atoms with Crippen LogP contribution in [0, 0.1) is 0 Å². The molecule has 0 atom stereocenters. The maximum atomic E-state index is 11.8. The van der Waals surface area contributed by atoms with E-state index in [-0.39, 0.29) is 12.5 Å². The standard InChI is InChI=1S/C15H15ClN2O3/c1-20-14-6-5-12(8-13(14)17)21-9-15(19)18-11-4-2-3-10(16)7-11/h2-8H,9,17H2,1H3,(H,18,19). The Balaban J connectivity index is 1.90. The number of amides is 1. The van der Waals surface area contributed by atoms with Gasteiger partial charge in [-0.25, -0.2) is 0 Å². The normalized spacial score (nSPS) is 10.0. The van der Waals surface area contributed by atoms with Crippen LogP contribution >= 0.6 is 11.6 Å². The molecule has 0 heterocycles. The molecule has 2 rings (SSSR count). The fourth-order valence-corrected chi connectivity index (χ4v) is 1.90. The molecule has 0 fully saturated rings. The van der Waals surface area contributed by atoms with Gasteiger partial charge in [0.15, 0.2) is 6.61 Å². The van der Waals surface area contributed by atoms with Gasteiger partial charge in [-0.3, -0.25) is 4.79 Å². The summed E-state index contributed by atoms with van der Waals surface area (Å²) in [5.41, 5.74) is 6.82. The Morgan fingerprint density at radius 2 is 2.10 bits per heavy atom. The Morgan fingerprint density at radius 3 is 2.76 bits per heavy atom. The molecule has 0 bridgehead atoms. The molecule has 0 saturated heterocycles. The van der Waals surface area contributed by atoms with Gasteiger partial charge in [0, 0.05) is 16.8 Å². The molecule has 2 aromatic carbocycles. The van der Waals surface area contributed by atoms with Gasteiger partial charge in [-0.05, 0) is 30.3 Å². The van der Waals surface area contributed by atoms with E-state index < -0.39 is 0 Å². The first kappa shape index (κ1) is 15.0. The first-order valence-electron chi connectivity index (χ1n) is 6.20. The number of anilines is 2. The zero-order valence-electron chi connectivity index (χ0n) is 11.4. The van der Waals surface area contributed by atoms with Gasteiger partial charge >= 0.3 is 0 Å². The third kappa shape index (κ3) is 4.29. The van der Waals surface area contributed by atoms with E-state index in [1.165, 1.54) is 7.11 Å². The summed E-state index contributed by atoms with van der Waals surface area (Å²) in [6, 6.07) is 11.9. The van der Waals surface area contributed by atoms with Crippen LogP contribution in [0.15, 0.2) is 42.5 Å². The molecule has 1 amide bonds. The number of halogens is 1. The van der Waals surface area contributed by atoms with Gasteiger partial charge in [0.05, 0.1) is 12.8 Å². The maximum absolute atomic E-state index is 11.8. The number of carbonyl (C=O) groups is 1. The molecule has 21 heavy (non-hydrogen) atoms. The average molecular weight is 307 g/mol. The summed E-state index contributed by atoms with van der Waals surface area (Å²) in [7, 11) is 1.53. The number of nitrogens with two attached hydrogens (primary N) is 1. The molecule has 5 nitrogen and oxygen atoms in total. The lowest BCUT2D eigenvalue weighted by molar-refractivity contribution is -0.118. The highest BCUT2D eigenvalue weighted by Gasteiger charge is 2.06. The predicted molar refractivity (Wildman–Crippen MR) is 83.0 cm³/mol. The predicted octanol–water partition coefficient (Wildman–Crippen LogP) is 2.95. The Bertz CT molecular complexity index is 647. The van der Waals surface area contributed by atoms with E-state index in [0.717, 1.165) is 0 Å². The topological polar surface area (TPSA) is 73.6 Å². The molecule has 0 radical (unpaired) electrons. The quantitative estimate of drug-likeness (QED) is 0.833. The number of nitrogens with one attached hydrogen (secondary N) is 1. The van der Waals surface area contributed by atoms with Crippen molar-refractivity contribution in [1.82, 2.24) is 0 Å². The third-order valence-electron chi connectivity index (χ3n) is 2.68. The summed E-state index contributed by atoms with van der Waals surface area (Å²) < 4.78 is 10.4. The van der Waals surface area contributed by atoms with Crippen molar-refractivity contribution < 1.29 is 14.3 Å². The minimum atomic E-state index is -0.286. The molecular formula is C15H15ClN2O3. The van der Waals surface area contributed by atoms with Crippen molar-refractivity contribution in [1.29, 1.82) is 0 Å². The van der Waals surface area contributed by atoms with Crippen LogP contribution in [0.5, 0.6) is 11.5 Å². The van der Waals surface area contributed by atoms with E-state index in [2.05, 4.69) is 5.32 Å². The van der Waals surface area contributed by atoms with Gasteiger partial charge in [-0.2, -0.15) is 0 Å². The SMILES string of the molecule is COc1ccc(OCC(=O)Nc2cccc(Cl)c2)cc1N. The molecule has 3 N–H and O–H groups in total. The number of rotatable bonds is 5. The Kier molecular flexibility index (Phi) is 4.90. The van der Waals surface area contributed by atoms with Crippen LogP contribution in [0.4, 0.5) is 11.4 Å². The highest BCUT2D eigenvalue weighted by atomic mass is 35.5. The molecule has 0 spiro atoms. The number of hydrogen-bond donors (Lipinski definition) is 2. The van der Waals surface area contributed by atoms with Gasteiger partial charge in [0.1, 0.15) is 11.5 Å². The lowest BCUT2D eigenvalue weighted by Gasteiger charge is -2.10. The minimum absolute atomic E-state index is 0.127. The Morgan fingerprint density at radius 1 is 1.29 bits per heavy atom. The molecule has 6 heteroatoms. The van der Waals surface area contributed by atoms with E-state index >= 15 is 0 Å². The van der Waals surface area contributed by atoms with Gasteiger partial charge in [-0.1, -0.05) is 17.7 Å². The number of methoxy groups -OCH3 is 1. The second kappa shape index (κ2) is 6.85. The summed E-state index contributed by atoms with van der Waals surface area (Å²) in [6.45, 7) is -0.127. The summed E-state index contributed by atoms with van der Waals surface area (Å²) in [5.74, 6) is 0.770. The summed E-state index contributed by atoms with van der Waals surface area (Å²) in [5, 5.41) is 3.24. The highest BCUT2D eigenvalue weighted by Crippen LogP contribution is 2.25. The second-order valence-corrected chi connectivity index (χ2v) is 4.69. The van der Waals surface area contributed by atoms with Crippen molar-refractivity contribution in [3.8, 4) is 11.5 Å². The summed E-state index contributed by atoms with van der Waals surface area (Å²) >= 11 is 5.84. The van der Waals surface area contributed by atoms with E-state index in [1.54, 1.807) is 42.5 Å². The zero-order valence-corrected chi connectivity index (χ0v) is 12.2. The maximum Gasteiger partial charge on any atom is 0.262 e. The van der Waals surface area contributed by atoms with Crippen molar-refractivity contribution in [2.75, 3.05) is 24.8 Å². The van der Waals surface area contributed by atoms with E-state index in [4.69, 9.17) is 26.8 Å². The number of benzene rings is 2. The number of nitrogen functional groups attached to an aromatic ring is 1. The van der Waals surface area contributed by atoms with E-state index in [9.17, 15) is 4.79 Å². The largest absolute Gasteiger partial charge is 0.495 e. The van der Waals surface area contributed by atoms with Crippen LogP contribution in [0.2, 0.25) is 5.02 Å². The Labute approximate surface area is 127 Å². The van der Waals surface area contributed by atoms with E-state index in [0.29, 0.717) is 27.9 Å². The molecule has 0 aromatic heterocycles. The highest BCUT2D eigenvalue weighted by molar-refractivity contribution is 6.30. The first-order valence-corrected chi connectivity index (χ1v) is 6.58. The lowest BCUT2D eigenvalue weighted by atomic mass is 10.3. The second-order valence-electron chi connectivity index (χ2n) is 4.25. The summed E-state index contributed by atoms with van der Waals surface area (Å²) in [6.07, 6.45) is 0. The van der Waals surface area contributed by atoms with Crippen molar-refractivity contribution in [2.24, 2.45) is 0 Å². The summed E-state index contributed by atoms with van der Waals surface area (Å²) in [4.78, 5) is 11.8. The van der Waals surface area contributed by atoms with Crippen molar-refractivity contribution in [3.63, 3.8) is 0 Å². The first-order chi connectivity index (χ1) is 10.1. The lowest BCUT2D eigenvalue weighted by Crippen LogP contribution is -2.20. The van der Waals surface area contributed by atoms with Gasteiger partial charge in [-0.15, -0.1) is 0 Å². The van der Waals surface area contributed by atoms with Crippen LogP contribution in [0.1, 0.15) is 0 Å². The molecular weight excluding hydrogens is 292 g/mol. The van der Waals surface area contributed by atoms with Gasteiger partial charge in [0.25, 0.3) is 5.91 Å². The Hall–Kier alpha value is -2.40. The fraction of sp³-hybridized carbons (Fsp3) is 0.133.